The van der Waals surface area contributed by atoms with Crippen molar-refractivity contribution in [3.8, 4) is 0 Å². The molecule has 0 atom stereocenters. The fraction of sp³-hybridized carbons (Fsp3) is 0.444. The van der Waals surface area contributed by atoms with Gasteiger partial charge in [-0.25, -0.2) is 9.37 Å². The summed E-state index contributed by atoms with van der Waals surface area (Å²) in [7, 11) is 0. The average molecular weight is 204 g/mol. The first-order valence-corrected chi connectivity index (χ1v) is 4.42. The Bertz CT molecular complexity index is 304. The van der Waals surface area contributed by atoms with Gasteiger partial charge in [0.25, 0.3) is 0 Å². The summed E-state index contributed by atoms with van der Waals surface area (Å²) in [6, 6.07) is 1.36. The lowest BCUT2D eigenvalue weighted by molar-refractivity contribution is 0.133. The maximum atomic E-state index is 13.0. The Morgan fingerprint density at radius 1 is 1.62 bits per heavy atom. The van der Waals surface area contributed by atoms with Crippen molar-refractivity contribution in [1.82, 2.24) is 4.98 Å². The summed E-state index contributed by atoms with van der Waals surface area (Å²) in [4.78, 5) is 3.84. The lowest BCUT2D eigenvalue weighted by atomic mass is 10.2. The van der Waals surface area contributed by atoms with Crippen molar-refractivity contribution in [2.45, 2.75) is 20.5 Å². The van der Waals surface area contributed by atoms with Gasteiger partial charge in [-0.1, -0.05) is 11.6 Å². The number of pyridine rings is 1. The molecule has 0 amide bonds. The zero-order valence-corrected chi connectivity index (χ0v) is 8.36. The van der Waals surface area contributed by atoms with E-state index < -0.39 is 0 Å². The molecule has 0 radical (unpaired) electrons. The summed E-state index contributed by atoms with van der Waals surface area (Å²) < 4.78 is 18.1. The third-order valence-electron chi connectivity index (χ3n) is 1.64. The molecular weight excluding hydrogens is 193 g/mol. The van der Waals surface area contributed by atoms with Crippen LogP contribution in [-0.4, -0.2) is 11.6 Å². The normalized spacial score (nSPS) is 10.5. The van der Waals surface area contributed by atoms with E-state index in [1.807, 2.05) is 6.92 Å². The lowest BCUT2D eigenvalue weighted by Gasteiger charge is -2.05. The highest BCUT2D eigenvalue weighted by molar-refractivity contribution is 6.30. The second-order valence-corrected chi connectivity index (χ2v) is 3.00. The zero-order valence-electron chi connectivity index (χ0n) is 7.60. The molecule has 4 heteroatoms. The van der Waals surface area contributed by atoms with E-state index in [1.165, 1.54) is 6.07 Å². The molecule has 0 aliphatic carbocycles. The van der Waals surface area contributed by atoms with Crippen molar-refractivity contribution in [3.63, 3.8) is 0 Å². The van der Waals surface area contributed by atoms with Crippen LogP contribution in [0.4, 0.5) is 4.39 Å². The number of hydrogen-bond donors (Lipinski definition) is 0. The number of rotatable bonds is 3. The van der Waals surface area contributed by atoms with Crippen LogP contribution in [0.25, 0.3) is 0 Å². The quantitative estimate of drug-likeness (QED) is 0.705. The van der Waals surface area contributed by atoms with E-state index in [2.05, 4.69) is 4.98 Å². The molecule has 1 heterocycles. The molecule has 1 aromatic rings. The fourth-order valence-electron chi connectivity index (χ4n) is 0.903. The highest BCUT2D eigenvalue weighted by Crippen LogP contribution is 2.17. The largest absolute Gasteiger partial charge is 0.377 e. The number of hydrogen-bond acceptors (Lipinski definition) is 2. The van der Waals surface area contributed by atoms with Crippen LogP contribution in [0, 0.1) is 12.7 Å². The maximum absolute atomic E-state index is 13.0. The SMILES string of the molecule is CCOCc1cc(F)c(C)nc1Cl. The molecule has 0 bridgehead atoms. The summed E-state index contributed by atoms with van der Waals surface area (Å²) >= 11 is 5.78. The van der Waals surface area contributed by atoms with Gasteiger partial charge in [0.05, 0.1) is 12.3 Å². The van der Waals surface area contributed by atoms with Gasteiger partial charge in [0.15, 0.2) is 0 Å². The molecule has 0 saturated heterocycles. The highest BCUT2D eigenvalue weighted by Gasteiger charge is 2.06. The molecule has 0 fully saturated rings. The van der Waals surface area contributed by atoms with E-state index in [1.54, 1.807) is 6.92 Å². The van der Waals surface area contributed by atoms with Crippen LogP contribution in [0.15, 0.2) is 6.07 Å². The maximum Gasteiger partial charge on any atom is 0.144 e. The van der Waals surface area contributed by atoms with Crippen molar-refractivity contribution in [1.29, 1.82) is 0 Å². The average Bonchev–Trinajstić information content (AvgIpc) is 2.09. The molecule has 72 valence electrons. The van der Waals surface area contributed by atoms with Crippen LogP contribution < -0.4 is 0 Å². The van der Waals surface area contributed by atoms with E-state index in [9.17, 15) is 4.39 Å². The molecule has 0 spiro atoms. The third kappa shape index (κ3) is 2.64. The summed E-state index contributed by atoms with van der Waals surface area (Å²) in [6.45, 7) is 4.32. The van der Waals surface area contributed by atoms with Gasteiger partial charge in [0, 0.05) is 12.2 Å². The first-order valence-electron chi connectivity index (χ1n) is 4.04. The predicted octanol–water partition coefficient (Wildman–Crippen LogP) is 2.72. The minimum atomic E-state index is -0.348. The van der Waals surface area contributed by atoms with Crippen molar-refractivity contribution >= 4 is 11.6 Å². The van der Waals surface area contributed by atoms with Crippen LogP contribution in [-0.2, 0) is 11.3 Å². The van der Waals surface area contributed by atoms with E-state index in [-0.39, 0.29) is 5.82 Å². The van der Waals surface area contributed by atoms with Crippen molar-refractivity contribution in [2.24, 2.45) is 0 Å². The second kappa shape index (κ2) is 4.53. The standard InChI is InChI=1S/C9H11ClFNO/c1-3-13-5-7-4-8(11)6(2)12-9(7)10/h4H,3,5H2,1-2H3. The van der Waals surface area contributed by atoms with Crippen molar-refractivity contribution in [2.75, 3.05) is 6.61 Å². The van der Waals surface area contributed by atoms with Gasteiger partial charge < -0.3 is 4.74 Å². The number of halogens is 2. The molecule has 1 aromatic heterocycles. The minimum absolute atomic E-state index is 0.305. The van der Waals surface area contributed by atoms with Gasteiger partial charge in [0.2, 0.25) is 0 Å². The molecule has 0 N–H and O–H groups in total. The smallest absolute Gasteiger partial charge is 0.144 e. The Balaban J connectivity index is 2.88. The lowest BCUT2D eigenvalue weighted by Crippen LogP contribution is -1.98. The van der Waals surface area contributed by atoms with Crippen LogP contribution in [0.2, 0.25) is 5.15 Å². The van der Waals surface area contributed by atoms with Gasteiger partial charge >= 0.3 is 0 Å². The van der Waals surface area contributed by atoms with E-state index >= 15 is 0 Å². The van der Waals surface area contributed by atoms with E-state index in [0.717, 1.165) is 0 Å². The topological polar surface area (TPSA) is 22.1 Å². The van der Waals surface area contributed by atoms with Gasteiger partial charge in [0.1, 0.15) is 11.0 Å². The number of nitrogens with zero attached hydrogens (tertiary/aromatic N) is 1. The van der Waals surface area contributed by atoms with Crippen LogP contribution >= 0.6 is 11.6 Å². The van der Waals surface area contributed by atoms with Crippen LogP contribution in [0.3, 0.4) is 0 Å². The summed E-state index contributed by atoms with van der Waals surface area (Å²) in [5.41, 5.74) is 0.900. The molecule has 13 heavy (non-hydrogen) atoms. The van der Waals surface area contributed by atoms with E-state index in [0.29, 0.717) is 29.6 Å². The zero-order chi connectivity index (χ0) is 9.84. The molecule has 0 aliphatic rings. The monoisotopic (exact) mass is 203 g/mol. The van der Waals surface area contributed by atoms with Crippen molar-refractivity contribution in [3.05, 3.63) is 28.3 Å². The molecular formula is C9H11ClFNO. The molecule has 0 unspecified atom stereocenters. The minimum Gasteiger partial charge on any atom is -0.377 e. The highest BCUT2D eigenvalue weighted by atomic mass is 35.5. The van der Waals surface area contributed by atoms with Gasteiger partial charge in [-0.2, -0.15) is 0 Å². The van der Waals surface area contributed by atoms with E-state index in [4.69, 9.17) is 16.3 Å². The van der Waals surface area contributed by atoms with Gasteiger partial charge in [-0.15, -0.1) is 0 Å². The van der Waals surface area contributed by atoms with Gasteiger partial charge in [-0.05, 0) is 19.9 Å². The molecule has 0 aliphatic heterocycles. The third-order valence-corrected chi connectivity index (χ3v) is 1.97. The fourth-order valence-corrected chi connectivity index (χ4v) is 1.14. The van der Waals surface area contributed by atoms with Gasteiger partial charge in [-0.3, -0.25) is 0 Å². The summed E-state index contributed by atoms with van der Waals surface area (Å²) in [5.74, 6) is -0.348. The Kier molecular flexibility index (Phi) is 3.63. The molecule has 0 saturated carbocycles. The second-order valence-electron chi connectivity index (χ2n) is 2.64. The van der Waals surface area contributed by atoms with Crippen LogP contribution in [0.5, 0.6) is 0 Å². The summed E-state index contributed by atoms with van der Waals surface area (Å²) in [6.07, 6.45) is 0. The molecule has 1 rings (SSSR count). The first-order chi connectivity index (χ1) is 6.15. The van der Waals surface area contributed by atoms with Crippen LogP contribution in [0.1, 0.15) is 18.2 Å². The Labute approximate surface area is 81.7 Å². The number of ether oxygens (including phenoxy) is 1. The Hall–Kier alpha value is -0.670. The van der Waals surface area contributed by atoms with Crippen molar-refractivity contribution < 1.29 is 9.13 Å². The number of aromatic nitrogens is 1. The molecule has 0 aromatic carbocycles. The molecule has 2 nitrogen and oxygen atoms in total. The Morgan fingerprint density at radius 2 is 2.31 bits per heavy atom. The first kappa shape index (κ1) is 10.4. The summed E-state index contributed by atoms with van der Waals surface area (Å²) in [5, 5.41) is 0.312. The predicted molar refractivity (Wildman–Crippen MR) is 49.3 cm³/mol. The number of aryl methyl sites for hydroxylation is 1. The Morgan fingerprint density at radius 3 is 2.92 bits per heavy atom.